The highest BCUT2D eigenvalue weighted by Gasteiger charge is 2.07. The van der Waals surface area contributed by atoms with Gasteiger partial charge in [-0.2, -0.15) is 0 Å². The number of benzene rings is 1. The SMILES string of the molecule is CCOC(=O)CN(C)CCOc1ccccc1F. The van der Waals surface area contributed by atoms with Gasteiger partial charge in [0, 0.05) is 6.54 Å². The highest BCUT2D eigenvalue weighted by molar-refractivity contribution is 5.71. The summed E-state index contributed by atoms with van der Waals surface area (Å²) in [6, 6.07) is 6.23. The maximum Gasteiger partial charge on any atom is 0.320 e. The molecule has 0 bridgehead atoms. The second kappa shape index (κ2) is 7.66. The van der Waals surface area contributed by atoms with Crippen molar-refractivity contribution < 1.29 is 18.7 Å². The number of para-hydroxylation sites is 1. The van der Waals surface area contributed by atoms with Crippen molar-refractivity contribution in [1.29, 1.82) is 0 Å². The van der Waals surface area contributed by atoms with E-state index in [0.29, 0.717) is 19.8 Å². The quantitative estimate of drug-likeness (QED) is 0.695. The first kappa shape index (κ1) is 14.4. The molecule has 1 aromatic carbocycles. The number of likely N-dealkylation sites (N-methyl/N-ethyl adjacent to an activating group) is 1. The molecule has 5 heteroatoms. The number of rotatable bonds is 7. The number of carbonyl (C=O) groups is 1. The second-order valence-electron chi connectivity index (χ2n) is 3.82. The Hall–Kier alpha value is -1.62. The van der Waals surface area contributed by atoms with Crippen LogP contribution in [0.25, 0.3) is 0 Å². The molecule has 0 atom stereocenters. The predicted molar refractivity (Wildman–Crippen MR) is 66.0 cm³/mol. The van der Waals surface area contributed by atoms with E-state index in [-0.39, 0.29) is 24.1 Å². The van der Waals surface area contributed by atoms with Crippen molar-refractivity contribution in [3.05, 3.63) is 30.1 Å². The van der Waals surface area contributed by atoms with Gasteiger partial charge in [0.2, 0.25) is 0 Å². The van der Waals surface area contributed by atoms with Crippen LogP contribution in [0, 0.1) is 5.82 Å². The van der Waals surface area contributed by atoms with Gasteiger partial charge in [0.1, 0.15) is 6.61 Å². The van der Waals surface area contributed by atoms with Crippen LogP contribution in [0.3, 0.4) is 0 Å². The van der Waals surface area contributed by atoms with Crippen LogP contribution < -0.4 is 4.74 Å². The maximum atomic E-state index is 13.2. The molecule has 0 amide bonds. The van der Waals surface area contributed by atoms with Gasteiger partial charge in [-0.15, -0.1) is 0 Å². The van der Waals surface area contributed by atoms with Gasteiger partial charge in [-0.05, 0) is 26.1 Å². The van der Waals surface area contributed by atoms with Gasteiger partial charge in [0.15, 0.2) is 11.6 Å². The van der Waals surface area contributed by atoms with E-state index in [0.717, 1.165) is 0 Å². The molecule has 0 unspecified atom stereocenters. The lowest BCUT2D eigenvalue weighted by atomic mass is 10.3. The molecule has 18 heavy (non-hydrogen) atoms. The summed E-state index contributed by atoms with van der Waals surface area (Å²) in [6.07, 6.45) is 0. The molecule has 1 rings (SSSR count). The third-order valence-corrected chi connectivity index (χ3v) is 2.27. The number of ether oxygens (including phenoxy) is 2. The number of nitrogens with zero attached hydrogens (tertiary/aromatic N) is 1. The van der Waals surface area contributed by atoms with Gasteiger partial charge in [-0.1, -0.05) is 12.1 Å². The molecule has 0 aliphatic rings. The van der Waals surface area contributed by atoms with Crippen LogP contribution in [-0.2, 0) is 9.53 Å². The smallest absolute Gasteiger partial charge is 0.320 e. The van der Waals surface area contributed by atoms with E-state index >= 15 is 0 Å². The first-order valence-electron chi connectivity index (χ1n) is 5.85. The minimum atomic E-state index is -0.384. The summed E-state index contributed by atoms with van der Waals surface area (Å²) in [5.41, 5.74) is 0. The fraction of sp³-hybridized carbons (Fsp3) is 0.462. The summed E-state index contributed by atoms with van der Waals surface area (Å²) in [7, 11) is 1.78. The molecule has 100 valence electrons. The van der Waals surface area contributed by atoms with Gasteiger partial charge >= 0.3 is 5.97 Å². The molecule has 0 radical (unpaired) electrons. The summed E-state index contributed by atoms with van der Waals surface area (Å²) in [5.74, 6) is -0.432. The molecule has 0 aliphatic carbocycles. The van der Waals surface area contributed by atoms with E-state index in [1.165, 1.54) is 6.07 Å². The van der Waals surface area contributed by atoms with Gasteiger partial charge in [0.25, 0.3) is 0 Å². The van der Waals surface area contributed by atoms with Crippen LogP contribution in [0.15, 0.2) is 24.3 Å². The van der Waals surface area contributed by atoms with Crippen molar-refractivity contribution in [2.45, 2.75) is 6.92 Å². The number of carbonyl (C=O) groups excluding carboxylic acids is 1. The van der Waals surface area contributed by atoms with Crippen LogP contribution in [-0.4, -0.2) is 44.2 Å². The highest BCUT2D eigenvalue weighted by Crippen LogP contribution is 2.14. The number of hydrogen-bond acceptors (Lipinski definition) is 4. The van der Waals surface area contributed by atoms with Crippen LogP contribution in [0.2, 0.25) is 0 Å². The first-order chi connectivity index (χ1) is 8.63. The van der Waals surface area contributed by atoms with Gasteiger partial charge in [-0.3, -0.25) is 9.69 Å². The largest absolute Gasteiger partial charge is 0.489 e. The molecule has 0 fully saturated rings. The zero-order chi connectivity index (χ0) is 13.4. The molecule has 0 aromatic heterocycles. The summed E-state index contributed by atoms with van der Waals surface area (Å²) >= 11 is 0. The van der Waals surface area contributed by atoms with Crippen molar-refractivity contribution >= 4 is 5.97 Å². The van der Waals surface area contributed by atoms with Crippen molar-refractivity contribution in [3.8, 4) is 5.75 Å². The summed E-state index contributed by atoms with van der Waals surface area (Å²) < 4.78 is 23.3. The molecule has 4 nitrogen and oxygen atoms in total. The monoisotopic (exact) mass is 255 g/mol. The summed E-state index contributed by atoms with van der Waals surface area (Å²) in [4.78, 5) is 12.9. The lowest BCUT2D eigenvalue weighted by Gasteiger charge is -2.15. The van der Waals surface area contributed by atoms with Crippen LogP contribution in [0.5, 0.6) is 5.75 Å². The minimum Gasteiger partial charge on any atom is -0.489 e. The van der Waals surface area contributed by atoms with E-state index in [2.05, 4.69) is 0 Å². The van der Waals surface area contributed by atoms with Crippen LogP contribution >= 0.6 is 0 Å². The Morgan fingerprint density at radius 2 is 2.11 bits per heavy atom. The summed E-state index contributed by atoms with van der Waals surface area (Å²) in [5, 5.41) is 0. The summed E-state index contributed by atoms with van der Waals surface area (Å²) in [6.45, 7) is 3.18. The Labute approximate surface area is 106 Å². The number of esters is 1. The Morgan fingerprint density at radius 3 is 2.78 bits per heavy atom. The first-order valence-corrected chi connectivity index (χ1v) is 5.85. The van der Waals surface area contributed by atoms with E-state index in [1.54, 1.807) is 37.1 Å². The molecule has 0 aliphatic heterocycles. The minimum absolute atomic E-state index is 0.203. The molecule has 0 saturated carbocycles. The zero-order valence-electron chi connectivity index (χ0n) is 10.7. The topological polar surface area (TPSA) is 38.8 Å². The van der Waals surface area contributed by atoms with Gasteiger partial charge in [-0.25, -0.2) is 4.39 Å². The maximum absolute atomic E-state index is 13.2. The van der Waals surface area contributed by atoms with Crippen LogP contribution in [0.4, 0.5) is 4.39 Å². The molecule has 0 saturated heterocycles. The van der Waals surface area contributed by atoms with Crippen molar-refractivity contribution in [1.82, 2.24) is 4.90 Å². The lowest BCUT2D eigenvalue weighted by Crippen LogP contribution is -2.31. The fourth-order valence-corrected chi connectivity index (χ4v) is 1.38. The normalized spacial score (nSPS) is 10.4. The average molecular weight is 255 g/mol. The van der Waals surface area contributed by atoms with Crippen LogP contribution in [0.1, 0.15) is 6.92 Å². The Kier molecular flexibility index (Phi) is 6.14. The Bertz CT molecular complexity index is 384. The average Bonchev–Trinajstić information content (AvgIpc) is 2.31. The zero-order valence-corrected chi connectivity index (χ0v) is 10.7. The molecule has 0 N–H and O–H groups in total. The Balaban J connectivity index is 2.25. The molecular weight excluding hydrogens is 237 g/mol. The van der Waals surface area contributed by atoms with Crippen molar-refractivity contribution in [2.75, 3.05) is 33.4 Å². The molecule has 0 spiro atoms. The van der Waals surface area contributed by atoms with Gasteiger partial charge in [0.05, 0.1) is 13.2 Å². The van der Waals surface area contributed by atoms with E-state index < -0.39 is 0 Å². The van der Waals surface area contributed by atoms with E-state index in [9.17, 15) is 9.18 Å². The fourth-order valence-electron chi connectivity index (χ4n) is 1.38. The molecule has 1 aromatic rings. The standard InChI is InChI=1S/C13H18FNO3/c1-3-17-13(16)10-15(2)8-9-18-12-7-5-4-6-11(12)14/h4-7H,3,8-10H2,1-2H3. The molecule has 0 heterocycles. The van der Waals surface area contributed by atoms with Crippen molar-refractivity contribution in [2.24, 2.45) is 0 Å². The third kappa shape index (κ3) is 5.14. The van der Waals surface area contributed by atoms with Crippen molar-refractivity contribution in [3.63, 3.8) is 0 Å². The number of halogens is 1. The number of hydrogen-bond donors (Lipinski definition) is 0. The van der Waals surface area contributed by atoms with Gasteiger partial charge < -0.3 is 9.47 Å². The highest BCUT2D eigenvalue weighted by atomic mass is 19.1. The third-order valence-electron chi connectivity index (χ3n) is 2.27. The van der Waals surface area contributed by atoms with E-state index in [1.807, 2.05) is 0 Å². The predicted octanol–water partition coefficient (Wildman–Crippen LogP) is 1.70. The Morgan fingerprint density at radius 1 is 1.39 bits per heavy atom. The van der Waals surface area contributed by atoms with E-state index in [4.69, 9.17) is 9.47 Å². The lowest BCUT2D eigenvalue weighted by molar-refractivity contribution is -0.144. The molecular formula is C13H18FNO3. The second-order valence-corrected chi connectivity index (χ2v) is 3.82.